The van der Waals surface area contributed by atoms with Crippen LogP contribution in [-0.2, 0) is 19.1 Å². The van der Waals surface area contributed by atoms with Gasteiger partial charge in [0.15, 0.2) is 6.61 Å². The van der Waals surface area contributed by atoms with Gasteiger partial charge >= 0.3 is 5.97 Å². The summed E-state index contributed by atoms with van der Waals surface area (Å²) in [6, 6.07) is 20.6. The molecule has 2 N–H and O–H groups in total. The molecule has 148 valence electrons. The number of fused-ring (bicyclic) bond motifs is 1. The molecule has 0 aliphatic heterocycles. The zero-order chi connectivity index (χ0) is 20.6. The summed E-state index contributed by atoms with van der Waals surface area (Å²) in [6.07, 6.45) is -0.129. The zero-order valence-electron chi connectivity index (χ0n) is 16.1. The van der Waals surface area contributed by atoms with Gasteiger partial charge in [-0.25, -0.2) is 0 Å². The number of nitrogens with one attached hydrogen (secondary N) is 2. The first kappa shape index (κ1) is 20.1. The third-order valence-corrected chi connectivity index (χ3v) is 4.32. The Bertz CT molecular complexity index is 1020. The van der Waals surface area contributed by atoms with Crippen LogP contribution in [0.4, 0.5) is 11.4 Å². The van der Waals surface area contributed by atoms with Gasteiger partial charge in [-0.05, 0) is 30.5 Å². The first-order chi connectivity index (χ1) is 14.0. The van der Waals surface area contributed by atoms with Crippen LogP contribution in [0.2, 0.25) is 0 Å². The SMILES string of the molecule is Cc1ccc(NC(=O)COC(=O)CCC(=O)Nc2cccc3ccccc23)cc1. The Kier molecular flexibility index (Phi) is 6.58. The Morgan fingerprint density at radius 2 is 1.52 bits per heavy atom. The van der Waals surface area contributed by atoms with E-state index in [1.54, 1.807) is 12.1 Å². The Hall–Kier alpha value is -3.67. The van der Waals surface area contributed by atoms with Crippen molar-refractivity contribution in [2.24, 2.45) is 0 Å². The van der Waals surface area contributed by atoms with Crippen LogP contribution in [0.1, 0.15) is 18.4 Å². The number of aryl methyl sites for hydroxylation is 1. The quantitative estimate of drug-likeness (QED) is 0.596. The van der Waals surface area contributed by atoms with Crippen LogP contribution in [0.25, 0.3) is 10.8 Å². The van der Waals surface area contributed by atoms with E-state index in [1.165, 1.54) is 0 Å². The van der Waals surface area contributed by atoms with Gasteiger partial charge in [0.25, 0.3) is 5.91 Å². The molecule has 0 aliphatic rings. The molecular weight excluding hydrogens is 368 g/mol. The summed E-state index contributed by atoms with van der Waals surface area (Å²) in [6.45, 7) is 1.56. The largest absolute Gasteiger partial charge is 0.456 e. The third kappa shape index (κ3) is 5.90. The molecule has 29 heavy (non-hydrogen) atoms. The highest BCUT2D eigenvalue weighted by molar-refractivity contribution is 6.02. The van der Waals surface area contributed by atoms with E-state index in [4.69, 9.17) is 4.74 Å². The number of carbonyl (C=O) groups excluding carboxylic acids is 3. The number of esters is 1. The van der Waals surface area contributed by atoms with Crippen LogP contribution in [-0.4, -0.2) is 24.4 Å². The molecule has 3 aromatic rings. The highest BCUT2D eigenvalue weighted by Crippen LogP contribution is 2.23. The average molecular weight is 390 g/mol. The topological polar surface area (TPSA) is 84.5 Å². The molecule has 6 heteroatoms. The minimum atomic E-state index is -0.600. The number of ether oxygens (including phenoxy) is 1. The Labute approximate surface area is 168 Å². The summed E-state index contributed by atoms with van der Waals surface area (Å²) >= 11 is 0. The fraction of sp³-hybridized carbons (Fsp3) is 0.174. The van der Waals surface area contributed by atoms with Crippen molar-refractivity contribution >= 4 is 39.9 Å². The number of benzene rings is 3. The molecule has 0 heterocycles. The van der Waals surface area contributed by atoms with Gasteiger partial charge in [0.1, 0.15) is 0 Å². The molecule has 0 saturated carbocycles. The third-order valence-electron chi connectivity index (χ3n) is 4.32. The number of rotatable bonds is 7. The maximum atomic E-state index is 12.2. The second kappa shape index (κ2) is 9.50. The van der Waals surface area contributed by atoms with Gasteiger partial charge in [0.05, 0.1) is 6.42 Å². The van der Waals surface area contributed by atoms with E-state index in [1.807, 2.05) is 61.5 Å². The van der Waals surface area contributed by atoms with E-state index < -0.39 is 18.5 Å². The summed E-state index contributed by atoms with van der Waals surface area (Å²) in [4.78, 5) is 35.8. The van der Waals surface area contributed by atoms with Gasteiger partial charge in [0, 0.05) is 23.2 Å². The van der Waals surface area contributed by atoms with E-state index >= 15 is 0 Å². The molecule has 6 nitrogen and oxygen atoms in total. The molecule has 0 fully saturated rings. The molecule has 2 amide bonds. The molecule has 0 aromatic heterocycles. The smallest absolute Gasteiger partial charge is 0.306 e. The summed E-state index contributed by atoms with van der Waals surface area (Å²) in [5, 5.41) is 7.41. The molecular formula is C23H22N2O4. The lowest BCUT2D eigenvalue weighted by Crippen LogP contribution is -2.21. The molecule has 0 unspecified atom stereocenters. The van der Waals surface area contributed by atoms with Gasteiger partial charge in [-0.15, -0.1) is 0 Å². The van der Waals surface area contributed by atoms with E-state index in [-0.39, 0.29) is 18.7 Å². The Morgan fingerprint density at radius 3 is 2.31 bits per heavy atom. The lowest BCUT2D eigenvalue weighted by Gasteiger charge is -2.09. The summed E-state index contributed by atoms with van der Waals surface area (Å²) < 4.78 is 4.94. The van der Waals surface area contributed by atoms with E-state index in [0.717, 1.165) is 16.3 Å². The number of amides is 2. The maximum Gasteiger partial charge on any atom is 0.306 e. The Balaban J connectivity index is 1.42. The summed E-state index contributed by atoms with van der Waals surface area (Å²) in [5.41, 5.74) is 2.40. The Morgan fingerprint density at radius 1 is 0.793 bits per heavy atom. The van der Waals surface area contributed by atoms with Crippen LogP contribution in [0.15, 0.2) is 66.7 Å². The van der Waals surface area contributed by atoms with Crippen LogP contribution in [0, 0.1) is 6.92 Å². The zero-order valence-corrected chi connectivity index (χ0v) is 16.1. The van der Waals surface area contributed by atoms with Gasteiger partial charge < -0.3 is 15.4 Å². The summed E-state index contributed by atoms with van der Waals surface area (Å²) in [5.74, 6) is -1.32. The van der Waals surface area contributed by atoms with Crippen LogP contribution in [0.5, 0.6) is 0 Å². The number of carbonyl (C=O) groups is 3. The fourth-order valence-corrected chi connectivity index (χ4v) is 2.81. The summed E-state index contributed by atoms with van der Waals surface area (Å²) in [7, 11) is 0. The number of anilines is 2. The van der Waals surface area contributed by atoms with Gasteiger partial charge in [-0.3, -0.25) is 14.4 Å². The number of hydrogen-bond donors (Lipinski definition) is 2. The second-order valence-corrected chi connectivity index (χ2v) is 6.65. The molecule has 0 spiro atoms. The van der Waals surface area contributed by atoms with E-state index in [2.05, 4.69) is 10.6 Å². The molecule has 0 radical (unpaired) electrons. The normalized spacial score (nSPS) is 10.4. The van der Waals surface area contributed by atoms with Crippen LogP contribution in [0.3, 0.4) is 0 Å². The predicted octanol–water partition coefficient (Wildman–Crippen LogP) is 4.05. The second-order valence-electron chi connectivity index (χ2n) is 6.65. The van der Waals surface area contributed by atoms with E-state index in [0.29, 0.717) is 11.4 Å². The standard InChI is InChI=1S/C23H22N2O4/c1-16-9-11-18(12-10-16)24-22(27)15-29-23(28)14-13-21(26)25-20-8-4-6-17-5-2-3-7-19(17)20/h2-12H,13-15H2,1H3,(H,24,27)(H,25,26). The minimum absolute atomic E-state index is 0.0262. The highest BCUT2D eigenvalue weighted by Gasteiger charge is 2.12. The number of hydrogen-bond acceptors (Lipinski definition) is 4. The lowest BCUT2D eigenvalue weighted by atomic mass is 10.1. The monoisotopic (exact) mass is 390 g/mol. The van der Waals surface area contributed by atoms with E-state index in [9.17, 15) is 14.4 Å². The average Bonchev–Trinajstić information content (AvgIpc) is 2.73. The van der Waals surface area contributed by atoms with Crippen molar-refractivity contribution in [3.8, 4) is 0 Å². The molecule has 0 bridgehead atoms. The molecule has 3 aromatic carbocycles. The minimum Gasteiger partial charge on any atom is -0.456 e. The van der Waals surface area contributed by atoms with Crippen molar-refractivity contribution < 1.29 is 19.1 Å². The first-order valence-corrected chi connectivity index (χ1v) is 9.31. The lowest BCUT2D eigenvalue weighted by molar-refractivity contribution is -0.147. The predicted molar refractivity (Wildman–Crippen MR) is 113 cm³/mol. The maximum absolute atomic E-state index is 12.2. The fourth-order valence-electron chi connectivity index (χ4n) is 2.81. The van der Waals surface area contributed by atoms with Gasteiger partial charge in [-0.2, -0.15) is 0 Å². The van der Waals surface area contributed by atoms with Crippen molar-refractivity contribution in [1.29, 1.82) is 0 Å². The van der Waals surface area contributed by atoms with Gasteiger partial charge in [-0.1, -0.05) is 54.1 Å². The van der Waals surface area contributed by atoms with Crippen LogP contribution < -0.4 is 10.6 Å². The van der Waals surface area contributed by atoms with Crippen molar-refractivity contribution in [3.05, 3.63) is 72.3 Å². The van der Waals surface area contributed by atoms with Crippen LogP contribution >= 0.6 is 0 Å². The first-order valence-electron chi connectivity index (χ1n) is 9.31. The highest BCUT2D eigenvalue weighted by atomic mass is 16.5. The van der Waals surface area contributed by atoms with Crippen molar-refractivity contribution in [3.63, 3.8) is 0 Å². The molecule has 0 aliphatic carbocycles. The molecule has 3 rings (SSSR count). The van der Waals surface area contributed by atoms with Crippen molar-refractivity contribution in [2.45, 2.75) is 19.8 Å². The molecule has 0 saturated heterocycles. The van der Waals surface area contributed by atoms with Gasteiger partial charge in [0.2, 0.25) is 5.91 Å². The molecule has 0 atom stereocenters. The van der Waals surface area contributed by atoms with Crippen molar-refractivity contribution in [1.82, 2.24) is 0 Å². The van der Waals surface area contributed by atoms with Crippen molar-refractivity contribution in [2.75, 3.05) is 17.2 Å².